The molecule has 1 amide bonds. The number of morpholine rings is 1. The van der Waals surface area contributed by atoms with Gasteiger partial charge in [0.05, 0.1) is 13.2 Å². The molecular formula is C13H16BrFN2O2. The van der Waals surface area contributed by atoms with E-state index in [4.69, 9.17) is 4.74 Å². The third-order valence-corrected chi connectivity index (χ3v) is 3.43. The van der Waals surface area contributed by atoms with Crippen LogP contribution in [0.25, 0.3) is 0 Å². The summed E-state index contributed by atoms with van der Waals surface area (Å²) in [6.45, 7) is 2.10. The van der Waals surface area contributed by atoms with Crippen molar-refractivity contribution in [1.82, 2.24) is 10.6 Å². The van der Waals surface area contributed by atoms with E-state index in [1.54, 1.807) is 12.1 Å². The van der Waals surface area contributed by atoms with E-state index in [-0.39, 0.29) is 17.8 Å². The molecule has 104 valence electrons. The summed E-state index contributed by atoms with van der Waals surface area (Å²) in [5.41, 5.74) is 0.586. The Morgan fingerprint density at radius 3 is 3.16 bits per heavy atom. The van der Waals surface area contributed by atoms with Gasteiger partial charge < -0.3 is 15.4 Å². The van der Waals surface area contributed by atoms with Crippen LogP contribution in [-0.2, 0) is 16.0 Å². The summed E-state index contributed by atoms with van der Waals surface area (Å²) in [6.07, 6.45) is 0.463. The molecule has 4 nitrogen and oxygen atoms in total. The molecule has 1 aromatic rings. The highest BCUT2D eigenvalue weighted by atomic mass is 79.9. The number of rotatable bonds is 4. The number of halogens is 2. The quantitative estimate of drug-likeness (QED) is 0.873. The van der Waals surface area contributed by atoms with Gasteiger partial charge in [-0.25, -0.2) is 4.39 Å². The van der Waals surface area contributed by atoms with E-state index in [1.807, 2.05) is 0 Å². The number of hydrogen-bond acceptors (Lipinski definition) is 3. The van der Waals surface area contributed by atoms with Crippen LogP contribution < -0.4 is 10.6 Å². The molecule has 1 fully saturated rings. The molecule has 0 saturated carbocycles. The van der Waals surface area contributed by atoms with Crippen LogP contribution in [0.4, 0.5) is 4.39 Å². The van der Waals surface area contributed by atoms with Gasteiger partial charge in [0, 0.05) is 17.6 Å². The molecule has 2 rings (SSSR count). The molecule has 19 heavy (non-hydrogen) atoms. The number of carbonyl (C=O) groups excluding carboxylic acids is 1. The van der Waals surface area contributed by atoms with Crippen LogP contribution in [0.5, 0.6) is 0 Å². The average molecular weight is 331 g/mol. The molecule has 0 radical (unpaired) electrons. The first-order valence-corrected chi connectivity index (χ1v) is 6.99. The minimum atomic E-state index is -0.305. The lowest BCUT2D eigenvalue weighted by Gasteiger charge is -2.22. The van der Waals surface area contributed by atoms with Gasteiger partial charge in [-0.15, -0.1) is 0 Å². The molecule has 1 atom stereocenters. The maximum atomic E-state index is 13.5. The van der Waals surface area contributed by atoms with Crippen molar-refractivity contribution in [2.24, 2.45) is 0 Å². The highest BCUT2D eigenvalue weighted by Crippen LogP contribution is 2.15. The Morgan fingerprint density at radius 1 is 1.58 bits per heavy atom. The zero-order chi connectivity index (χ0) is 13.7. The van der Waals surface area contributed by atoms with Crippen molar-refractivity contribution < 1.29 is 13.9 Å². The van der Waals surface area contributed by atoms with Crippen molar-refractivity contribution in [2.45, 2.75) is 12.5 Å². The Morgan fingerprint density at radius 2 is 2.42 bits per heavy atom. The molecule has 0 spiro atoms. The van der Waals surface area contributed by atoms with Gasteiger partial charge in [-0.05, 0) is 30.2 Å². The van der Waals surface area contributed by atoms with Gasteiger partial charge in [0.15, 0.2) is 0 Å². The number of ether oxygens (including phenoxy) is 1. The zero-order valence-corrected chi connectivity index (χ0v) is 12.0. The zero-order valence-electron chi connectivity index (χ0n) is 10.4. The molecule has 0 bridgehead atoms. The number of amides is 1. The van der Waals surface area contributed by atoms with E-state index >= 15 is 0 Å². The maximum Gasteiger partial charge on any atom is 0.239 e. The molecule has 1 unspecified atom stereocenters. The van der Waals surface area contributed by atoms with Crippen LogP contribution in [0, 0.1) is 5.82 Å². The van der Waals surface area contributed by atoms with Gasteiger partial charge in [0.2, 0.25) is 5.91 Å². The molecular weight excluding hydrogens is 315 g/mol. The number of benzene rings is 1. The molecule has 6 heteroatoms. The van der Waals surface area contributed by atoms with Gasteiger partial charge in [-0.3, -0.25) is 4.79 Å². The van der Waals surface area contributed by atoms with Gasteiger partial charge in [-0.2, -0.15) is 0 Å². The SMILES string of the molecule is O=C(NCCc1cc(Br)ccc1F)C1COCCN1. The Balaban J connectivity index is 1.79. The van der Waals surface area contributed by atoms with Crippen molar-refractivity contribution >= 4 is 21.8 Å². The van der Waals surface area contributed by atoms with Crippen LogP contribution in [0.1, 0.15) is 5.56 Å². The maximum absolute atomic E-state index is 13.5. The Bertz CT molecular complexity index is 450. The molecule has 1 heterocycles. The summed E-state index contributed by atoms with van der Waals surface area (Å²) in [7, 11) is 0. The van der Waals surface area contributed by atoms with Crippen LogP contribution in [0.15, 0.2) is 22.7 Å². The molecule has 1 aromatic carbocycles. The average Bonchev–Trinajstić information content (AvgIpc) is 2.43. The first-order chi connectivity index (χ1) is 9.16. The molecule has 1 aliphatic heterocycles. The fraction of sp³-hybridized carbons (Fsp3) is 0.462. The summed E-state index contributed by atoms with van der Waals surface area (Å²) >= 11 is 3.30. The Labute approximate surface area is 119 Å². The fourth-order valence-electron chi connectivity index (χ4n) is 1.91. The van der Waals surface area contributed by atoms with Crippen LogP contribution in [0.3, 0.4) is 0 Å². The first kappa shape index (κ1) is 14.4. The molecule has 0 aliphatic carbocycles. The second kappa shape index (κ2) is 6.98. The Hall–Kier alpha value is -0.980. The lowest BCUT2D eigenvalue weighted by atomic mass is 10.1. The summed E-state index contributed by atoms with van der Waals surface area (Å²) in [4.78, 5) is 11.8. The van der Waals surface area contributed by atoms with Crippen molar-refractivity contribution in [3.05, 3.63) is 34.1 Å². The van der Waals surface area contributed by atoms with Crippen molar-refractivity contribution in [1.29, 1.82) is 0 Å². The predicted molar refractivity (Wildman–Crippen MR) is 73.4 cm³/mol. The number of hydrogen-bond donors (Lipinski definition) is 2. The summed E-state index contributed by atoms with van der Waals surface area (Å²) < 4.78 is 19.5. The molecule has 1 aliphatic rings. The first-order valence-electron chi connectivity index (χ1n) is 6.19. The summed E-state index contributed by atoms with van der Waals surface area (Å²) in [5, 5.41) is 5.85. The fourth-order valence-corrected chi connectivity index (χ4v) is 2.32. The second-order valence-electron chi connectivity index (χ2n) is 4.36. The van der Waals surface area contributed by atoms with E-state index in [2.05, 4.69) is 26.6 Å². The van der Waals surface area contributed by atoms with E-state index < -0.39 is 0 Å². The molecule has 2 N–H and O–H groups in total. The third-order valence-electron chi connectivity index (χ3n) is 2.94. The normalized spacial score (nSPS) is 19.2. The Kier molecular flexibility index (Phi) is 5.30. The topological polar surface area (TPSA) is 50.4 Å². The minimum absolute atomic E-state index is 0.102. The van der Waals surface area contributed by atoms with Crippen LogP contribution in [-0.4, -0.2) is 38.3 Å². The van der Waals surface area contributed by atoms with Crippen molar-refractivity contribution in [2.75, 3.05) is 26.3 Å². The van der Waals surface area contributed by atoms with Crippen LogP contribution >= 0.6 is 15.9 Å². The lowest BCUT2D eigenvalue weighted by molar-refractivity contribution is -0.125. The highest BCUT2D eigenvalue weighted by Gasteiger charge is 2.20. The number of nitrogens with one attached hydrogen (secondary N) is 2. The molecule has 1 saturated heterocycles. The van der Waals surface area contributed by atoms with E-state index in [9.17, 15) is 9.18 Å². The van der Waals surface area contributed by atoms with Gasteiger partial charge in [-0.1, -0.05) is 15.9 Å². The van der Waals surface area contributed by atoms with Gasteiger partial charge in [0.25, 0.3) is 0 Å². The largest absolute Gasteiger partial charge is 0.378 e. The van der Waals surface area contributed by atoms with E-state index in [0.717, 1.165) is 4.47 Å². The highest BCUT2D eigenvalue weighted by molar-refractivity contribution is 9.10. The monoisotopic (exact) mass is 330 g/mol. The predicted octanol–water partition coefficient (Wildman–Crippen LogP) is 1.24. The summed E-state index contributed by atoms with van der Waals surface area (Å²) in [5.74, 6) is -0.355. The van der Waals surface area contributed by atoms with Crippen molar-refractivity contribution in [3.63, 3.8) is 0 Å². The third kappa shape index (κ3) is 4.26. The standard InChI is InChI=1S/C13H16BrFN2O2/c14-10-1-2-11(15)9(7-10)3-4-17-13(18)12-8-19-6-5-16-12/h1-2,7,12,16H,3-6,8H2,(H,17,18). The lowest BCUT2D eigenvalue weighted by Crippen LogP contribution is -2.51. The number of carbonyl (C=O) groups is 1. The van der Waals surface area contributed by atoms with Gasteiger partial charge in [0.1, 0.15) is 11.9 Å². The van der Waals surface area contributed by atoms with Crippen molar-refractivity contribution in [3.8, 4) is 0 Å². The van der Waals surface area contributed by atoms with Gasteiger partial charge >= 0.3 is 0 Å². The van der Waals surface area contributed by atoms with Crippen LogP contribution in [0.2, 0.25) is 0 Å². The second-order valence-corrected chi connectivity index (χ2v) is 5.27. The van der Waals surface area contributed by atoms with E-state index in [0.29, 0.717) is 38.3 Å². The van der Waals surface area contributed by atoms with E-state index in [1.165, 1.54) is 6.07 Å². The smallest absolute Gasteiger partial charge is 0.239 e. The minimum Gasteiger partial charge on any atom is -0.378 e. The summed E-state index contributed by atoms with van der Waals surface area (Å²) in [6, 6.07) is 4.49. The molecule has 0 aromatic heterocycles.